The average molecular weight is 287 g/mol. The molecule has 116 valence electrons. The Morgan fingerprint density at radius 1 is 1.10 bits per heavy atom. The molecule has 21 heavy (non-hydrogen) atoms. The maximum atomic E-state index is 5.27. The van der Waals surface area contributed by atoms with Crippen molar-refractivity contribution < 1.29 is 4.74 Å². The average Bonchev–Trinajstić information content (AvgIpc) is 3.33. The molecule has 0 radical (unpaired) electrons. The fourth-order valence-corrected chi connectivity index (χ4v) is 3.89. The van der Waals surface area contributed by atoms with Crippen molar-refractivity contribution in [1.29, 1.82) is 0 Å². The Kier molecular flexibility index (Phi) is 3.56. The van der Waals surface area contributed by atoms with Crippen LogP contribution in [0, 0.1) is 22.7 Å². The van der Waals surface area contributed by atoms with Crippen LogP contribution in [0.5, 0.6) is 5.75 Å². The Labute approximate surface area is 129 Å². The van der Waals surface area contributed by atoms with E-state index in [1.807, 2.05) is 0 Å². The molecule has 0 saturated heterocycles. The summed E-state index contributed by atoms with van der Waals surface area (Å²) >= 11 is 0. The van der Waals surface area contributed by atoms with Crippen LogP contribution in [0.4, 0.5) is 0 Å². The standard InChI is InChI=1S/C19H29NO/c1-18(2)16(19(18,3)4)12-20-17(13-6-7-13)14-8-10-15(21-5)11-9-14/h8-11,13,16-17,20H,6-7,12H2,1-5H3. The number of ether oxygens (including phenoxy) is 1. The van der Waals surface area contributed by atoms with Crippen LogP contribution in [0.2, 0.25) is 0 Å². The SMILES string of the molecule is COc1ccc(C(NCC2C(C)(C)C2(C)C)C2CC2)cc1. The topological polar surface area (TPSA) is 21.3 Å². The van der Waals surface area contributed by atoms with Crippen LogP contribution in [0.15, 0.2) is 24.3 Å². The van der Waals surface area contributed by atoms with Gasteiger partial charge in [-0.15, -0.1) is 0 Å². The second kappa shape index (κ2) is 5.01. The van der Waals surface area contributed by atoms with Gasteiger partial charge in [0.25, 0.3) is 0 Å². The smallest absolute Gasteiger partial charge is 0.118 e. The van der Waals surface area contributed by atoms with Gasteiger partial charge in [-0.2, -0.15) is 0 Å². The van der Waals surface area contributed by atoms with Gasteiger partial charge in [-0.3, -0.25) is 0 Å². The fourth-order valence-electron chi connectivity index (χ4n) is 3.89. The minimum absolute atomic E-state index is 0.466. The highest BCUT2D eigenvalue weighted by atomic mass is 16.5. The monoisotopic (exact) mass is 287 g/mol. The lowest BCUT2D eigenvalue weighted by molar-refractivity contribution is 0.412. The number of methoxy groups -OCH3 is 1. The minimum atomic E-state index is 0.466. The molecule has 0 amide bonds. The molecule has 2 heteroatoms. The first-order chi connectivity index (χ1) is 9.88. The van der Waals surface area contributed by atoms with Gasteiger partial charge in [0, 0.05) is 6.04 Å². The molecule has 1 unspecified atom stereocenters. The molecule has 2 saturated carbocycles. The molecule has 3 rings (SSSR count). The van der Waals surface area contributed by atoms with E-state index in [2.05, 4.69) is 57.3 Å². The zero-order chi connectivity index (χ0) is 15.3. The molecule has 2 aliphatic carbocycles. The molecule has 0 aliphatic heterocycles. The lowest BCUT2D eigenvalue weighted by atomic mass is 10.0. The maximum Gasteiger partial charge on any atom is 0.118 e. The summed E-state index contributed by atoms with van der Waals surface area (Å²) in [5.74, 6) is 2.55. The molecule has 1 aromatic rings. The number of benzene rings is 1. The van der Waals surface area contributed by atoms with Gasteiger partial charge >= 0.3 is 0 Å². The predicted molar refractivity (Wildman–Crippen MR) is 87.5 cm³/mol. The molecule has 0 bridgehead atoms. The molecule has 0 spiro atoms. The highest BCUT2D eigenvalue weighted by Crippen LogP contribution is 2.68. The Morgan fingerprint density at radius 2 is 1.67 bits per heavy atom. The number of hydrogen-bond acceptors (Lipinski definition) is 2. The van der Waals surface area contributed by atoms with Crippen LogP contribution < -0.4 is 10.1 Å². The quantitative estimate of drug-likeness (QED) is 0.836. The molecule has 2 fully saturated rings. The molecular weight excluding hydrogens is 258 g/mol. The highest BCUT2D eigenvalue weighted by Gasteiger charge is 2.64. The second-order valence-corrected chi connectivity index (χ2v) is 7.99. The van der Waals surface area contributed by atoms with E-state index in [4.69, 9.17) is 4.74 Å². The van der Waals surface area contributed by atoms with Gasteiger partial charge < -0.3 is 10.1 Å². The van der Waals surface area contributed by atoms with Crippen LogP contribution in [0.3, 0.4) is 0 Å². The first kappa shape index (κ1) is 14.9. The Bertz CT molecular complexity index is 485. The van der Waals surface area contributed by atoms with Gasteiger partial charge in [0.2, 0.25) is 0 Å². The summed E-state index contributed by atoms with van der Waals surface area (Å²) in [6.45, 7) is 10.7. The van der Waals surface area contributed by atoms with Crippen molar-refractivity contribution in [2.24, 2.45) is 22.7 Å². The first-order valence-corrected chi connectivity index (χ1v) is 8.25. The van der Waals surface area contributed by atoms with Gasteiger partial charge in [-0.1, -0.05) is 39.8 Å². The minimum Gasteiger partial charge on any atom is -0.497 e. The van der Waals surface area contributed by atoms with Gasteiger partial charge in [0.1, 0.15) is 5.75 Å². The van der Waals surface area contributed by atoms with Gasteiger partial charge in [0.15, 0.2) is 0 Å². The van der Waals surface area contributed by atoms with E-state index < -0.39 is 0 Å². The molecule has 1 aromatic carbocycles. The normalized spacial score (nSPS) is 24.6. The lowest BCUT2D eigenvalue weighted by Gasteiger charge is -2.20. The summed E-state index contributed by atoms with van der Waals surface area (Å²) in [4.78, 5) is 0. The number of hydrogen-bond donors (Lipinski definition) is 1. The first-order valence-electron chi connectivity index (χ1n) is 8.25. The van der Waals surface area contributed by atoms with Crippen LogP contribution in [-0.4, -0.2) is 13.7 Å². The van der Waals surface area contributed by atoms with E-state index in [9.17, 15) is 0 Å². The van der Waals surface area contributed by atoms with E-state index in [1.54, 1.807) is 7.11 Å². The van der Waals surface area contributed by atoms with Crippen LogP contribution >= 0.6 is 0 Å². The zero-order valence-corrected chi connectivity index (χ0v) is 14.1. The van der Waals surface area contributed by atoms with E-state index in [-0.39, 0.29) is 0 Å². The van der Waals surface area contributed by atoms with Crippen LogP contribution in [0.25, 0.3) is 0 Å². The number of nitrogens with one attached hydrogen (secondary N) is 1. The van der Waals surface area contributed by atoms with Gasteiger partial charge in [0.05, 0.1) is 7.11 Å². The predicted octanol–water partition coefficient (Wildman–Crippen LogP) is 4.42. The van der Waals surface area contributed by atoms with E-state index >= 15 is 0 Å². The summed E-state index contributed by atoms with van der Waals surface area (Å²) in [7, 11) is 1.73. The maximum absolute atomic E-state index is 5.27. The largest absolute Gasteiger partial charge is 0.497 e. The third kappa shape index (κ3) is 2.59. The van der Waals surface area contributed by atoms with Crippen molar-refractivity contribution in [1.82, 2.24) is 5.32 Å². The van der Waals surface area contributed by atoms with Crippen molar-refractivity contribution in [2.45, 2.75) is 46.6 Å². The van der Waals surface area contributed by atoms with Crippen LogP contribution in [-0.2, 0) is 0 Å². The van der Waals surface area contributed by atoms with Crippen molar-refractivity contribution in [3.05, 3.63) is 29.8 Å². The van der Waals surface area contributed by atoms with E-state index in [0.717, 1.165) is 24.1 Å². The molecule has 2 aliphatic rings. The molecule has 0 heterocycles. The molecule has 1 N–H and O–H groups in total. The third-order valence-electron chi connectivity index (χ3n) is 6.43. The van der Waals surface area contributed by atoms with Gasteiger partial charge in [-0.25, -0.2) is 0 Å². The Hall–Kier alpha value is -1.02. The van der Waals surface area contributed by atoms with Crippen LogP contribution in [0.1, 0.15) is 52.1 Å². The summed E-state index contributed by atoms with van der Waals surface area (Å²) in [5.41, 5.74) is 2.34. The van der Waals surface area contributed by atoms with E-state index in [1.165, 1.54) is 18.4 Å². The fraction of sp³-hybridized carbons (Fsp3) is 0.684. The molecular formula is C19H29NO. The summed E-state index contributed by atoms with van der Waals surface area (Å²) in [6, 6.07) is 9.12. The van der Waals surface area contributed by atoms with Gasteiger partial charge in [-0.05, 0) is 59.7 Å². The molecule has 2 nitrogen and oxygen atoms in total. The molecule has 0 aromatic heterocycles. The third-order valence-corrected chi connectivity index (χ3v) is 6.43. The van der Waals surface area contributed by atoms with Crippen molar-refractivity contribution >= 4 is 0 Å². The van der Waals surface area contributed by atoms with Crippen molar-refractivity contribution in [3.63, 3.8) is 0 Å². The summed E-state index contributed by atoms with van der Waals surface area (Å²) < 4.78 is 5.27. The molecule has 1 atom stereocenters. The zero-order valence-electron chi connectivity index (χ0n) is 14.1. The van der Waals surface area contributed by atoms with Crippen molar-refractivity contribution in [2.75, 3.05) is 13.7 Å². The summed E-state index contributed by atoms with van der Waals surface area (Å²) in [5, 5.41) is 3.87. The summed E-state index contributed by atoms with van der Waals surface area (Å²) in [6.07, 6.45) is 2.72. The Balaban J connectivity index is 1.66. The highest BCUT2D eigenvalue weighted by molar-refractivity contribution is 5.30. The Morgan fingerprint density at radius 3 is 2.10 bits per heavy atom. The number of rotatable bonds is 6. The second-order valence-electron chi connectivity index (χ2n) is 7.99. The van der Waals surface area contributed by atoms with Crippen molar-refractivity contribution in [3.8, 4) is 5.75 Å². The lowest BCUT2D eigenvalue weighted by Crippen LogP contribution is -2.26. The van der Waals surface area contributed by atoms with E-state index in [0.29, 0.717) is 16.9 Å².